The predicted octanol–water partition coefficient (Wildman–Crippen LogP) is 0.483. The van der Waals surface area contributed by atoms with Crippen molar-refractivity contribution < 1.29 is 13.2 Å². The van der Waals surface area contributed by atoms with Gasteiger partial charge in [0, 0.05) is 32.2 Å². The van der Waals surface area contributed by atoms with Gasteiger partial charge in [0.25, 0.3) is 0 Å². The maximum atomic E-state index is 12.2. The summed E-state index contributed by atoms with van der Waals surface area (Å²) in [5.74, 6) is -0.0203. The predicted molar refractivity (Wildman–Crippen MR) is 81.9 cm³/mol. The van der Waals surface area contributed by atoms with Gasteiger partial charge in [-0.2, -0.15) is 0 Å². The normalized spacial score (nSPS) is 14.3. The van der Waals surface area contributed by atoms with Crippen LogP contribution in [-0.2, 0) is 21.2 Å². The number of hydrogen-bond acceptors (Lipinski definition) is 4. The molecule has 116 valence electrons. The molecule has 6 nitrogen and oxygen atoms in total. The van der Waals surface area contributed by atoms with Crippen molar-refractivity contribution >= 4 is 21.6 Å². The molecule has 0 aliphatic carbocycles. The first-order chi connectivity index (χ1) is 9.95. The van der Waals surface area contributed by atoms with Crippen LogP contribution >= 0.6 is 0 Å². The van der Waals surface area contributed by atoms with Crippen LogP contribution in [0.4, 0.5) is 5.69 Å². The molecule has 0 saturated carbocycles. The summed E-state index contributed by atoms with van der Waals surface area (Å²) in [5.41, 5.74) is 1.72. The Kier molecular flexibility index (Phi) is 4.97. The van der Waals surface area contributed by atoms with Gasteiger partial charge in [0.1, 0.15) is 0 Å². The Morgan fingerprint density at radius 1 is 1.33 bits per heavy atom. The fourth-order valence-electron chi connectivity index (χ4n) is 2.41. The van der Waals surface area contributed by atoms with E-state index in [4.69, 9.17) is 0 Å². The number of benzene rings is 1. The van der Waals surface area contributed by atoms with Crippen LogP contribution < -0.4 is 14.9 Å². The Bertz CT molecular complexity index is 628. The van der Waals surface area contributed by atoms with Crippen LogP contribution in [0.2, 0.25) is 0 Å². The summed E-state index contributed by atoms with van der Waals surface area (Å²) in [5, 5.41) is 3.06. The highest BCUT2D eigenvalue weighted by Gasteiger charge is 2.24. The SMILES string of the molecule is CCNCCNS(=O)(=O)c1ccc2c(c1)CCN2C(C)=O. The summed E-state index contributed by atoms with van der Waals surface area (Å²) in [4.78, 5) is 13.4. The van der Waals surface area contributed by atoms with Gasteiger partial charge in [0.05, 0.1) is 4.90 Å². The zero-order valence-corrected chi connectivity index (χ0v) is 13.2. The van der Waals surface area contributed by atoms with Crippen LogP contribution in [0.3, 0.4) is 0 Å². The summed E-state index contributed by atoms with van der Waals surface area (Å²) in [7, 11) is -3.49. The number of amides is 1. The van der Waals surface area contributed by atoms with Gasteiger partial charge in [0.15, 0.2) is 0 Å². The molecule has 1 aliphatic rings. The van der Waals surface area contributed by atoms with Gasteiger partial charge >= 0.3 is 0 Å². The largest absolute Gasteiger partial charge is 0.316 e. The quantitative estimate of drug-likeness (QED) is 0.749. The lowest BCUT2D eigenvalue weighted by Crippen LogP contribution is -2.31. The molecule has 0 bridgehead atoms. The van der Waals surface area contributed by atoms with Gasteiger partial charge < -0.3 is 10.2 Å². The van der Waals surface area contributed by atoms with Crippen LogP contribution in [-0.4, -0.2) is 40.5 Å². The van der Waals surface area contributed by atoms with E-state index in [1.54, 1.807) is 23.1 Å². The van der Waals surface area contributed by atoms with Crippen LogP contribution in [0.25, 0.3) is 0 Å². The first-order valence-corrected chi connectivity index (χ1v) is 8.55. The Labute approximate surface area is 125 Å². The summed E-state index contributed by atoms with van der Waals surface area (Å²) in [6.07, 6.45) is 0.690. The average Bonchev–Trinajstić information content (AvgIpc) is 2.86. The van der Waals surface area contributed by atoms with E-state index in [9.17, 15) is 13.2 Å². The van der Waals surface area contributed by atoms with Crippen LogP contribution in [0, 0.1) is 0 Å². The Hall–Kier alpha value is -1.44. The summed E-state index contributed by atoms with van der Waals surface area (Å²) in [6, 6.07) is 4.92. The van der Waals surface area contributed by atoms with Crippen molar-refractivity contribution in [1.29, 1.82) is 0 Å². The maximum absolute atomic E-state index is 12.2. The molecule has 0 atom stereocenters. The lowest BCUT2D eigenvalue weighted by atomic mass is 10.2. The lowest BCUT2D eigenvalue weighted by Gasteiger charge is -2.15. The standard InChI is InChI=1S/C14H21N3O3S/c1-3-15-7-8-16-21(19,20)13-4-5-14-12(10-13)6-9-17(14)11(2)18/h4-5,10,15-16H,3,6-9H2,1-2H3. The molecule has 2 N–H and O–H groups in total. The van der Waals surface area contributed by atoms with Crippen LogP contribution in [0.1, 0.15) is 19.4 Å². The highest BCUT2D eigenvalue weighted by Crippen LogP contribution is 2.30. The molecule has 7 heteroatoms. The van der Waals surface area contributed by atoms with Crippen LogP contribution in [0.5, 0.6) is 0 Å². The van der Waals surface area contributed by atoms with E-state index in [0.717, 1.165) is 17.8 Å². The Balaban J connectivity index is 2.13. The molecular weight excluding hydrogens is 290 g/mol. The first-order valence-electron chi connectivity index (χ1n) is 7.07. The zero-order chi connectivity index (χ0) is 15.5. The second-order valence-electron chi connectivity index (χ2n) is 4.96. The van der Waals surface area contributed by atoms with E-state index < -0.39 is 10.0 Å². The van der Waals surface area contributed by atoms with E-state index >= 15 is 0 Å². The number of anilines is 1. The van der Waals surface area contributed by atoms with E-state index in [1.165, 1.54) is 6.92 Å². The summed E-state index contributed by atoms with van der Waals surface area (Å²) in [6.45, 7) is 5.85. The average molecular weight is 311 g/mol. The number of sulfonamides is 1. The molecule has 1 amide bonds. The molecule has 21 heavy (non-hydrogen) atoms. The summed E-state index contributed by atoms with van der Waals surface area (Å²) >= 11 is 0. The number of hydrogen-bond donors (Lipinski definition) is 2. The number of carbonyl (C=O) groups excluding carboxylic acids is 1. The van der Waals surface area contributed by atoms with E-state index in [-0.39, 0.29) is 10.8 Å². The van der Waals surface area contributed by atoms with Crippen LogP contribution in [0.15, 0.2) is 23.1 Å². The number of carbonyl (C=O) groups is 1. The molecule has 0 spiro atoms. The van der Waals surface area contributed by atoms with Gasteiger partial charge in [-0.1, -0.05) is 6.92 Å². The van der Waals surface area contributed by atoms with Gasteiger partial charge in [0.2, 0.25) is 15.9 Å². The fraction of sp³-hybridized carbons (Fsp3) is 0.500. The van der Waals surface area contributed by atoms with Crippen molar-refractivity contribution in [2.24, 2.45) is 0 Å². The van der Waals surface area contributed by atoms with Crippen molar-refractivity contribution in [3.05, 3.63) is 23.8 Å². The van der Waals surface area contributed by atoms with Gasteiger partial charge in [-0.25, -0.2) is 13.1 Å². The first kappa shape index (κ1) is 15.9. The molecule has 0 aromatic heterocycles. The molecule has 1 aromatic carbocycles. The zero-order valence-electron chi connectivity index (χ0n) is 12.3. The molecule has 1 heterocycles. The number of fused-ring (bicyclic) bond motifs is 1. The number of nitrogens with one attached hydrogen (secondary N) is 2. The lowest BCUT2D eigenvalue weighted by molar-refractivity contribution is -0.116. The van der Waals surface area contributed by atoms with Crippen molar-refractivity contribution in [2.75, 3.05) is 31.1 Å². The van der Waals surface area contributed by atoms with Crippen molar-refractivity contribution in [3.8, 4) is 0 Å². The van der Waals surface area contributed by atoms with Crippen molar-refractivity contribution in [2.45, 2.75) is 25.2 Å². The number of nitrogens with zero attached hydrogens (tertiary/aromatic N) is 1. The minimum absolute atomic E-state index is 0.0203. The minimum Gasteiger partial charge on any atom is -0.316 e. The van der Waals surface area contributed by atoms with E-state index in [2.05, 4.69) is 10.0 Å². The third kappa shape index (κ3) is 3.61. The van der Waals surface area contributed by atoms with E-state index in [0.29, 0.717) is 26.1 Å². The fourth-order valence-corrected chi connectivity index (χ4v) is 3.49. The Morgan fingerprint density at radius 2 is 2.10 bits per heavy atom. The molecule has 2 rings (SSSR count). The molecule has 0 unspecified atom stereocenters. The van der Waals surface area contributed by atoms with Crippen molar-refractivity contribution in [1.82, 2.24) is 10.0 Å². The molecule has 0 saturated heterocycles. The molecule has 0 radical (unpaired) electrons. The summed E-state index contributed by atoms with van der Waals surface area (Å²) < 4.78 is 26.9. The molecular formula is C14H21N3O3S. The molecule has 1 aliphatic heterocycles. The minimum atomic E-state index is -3.49. The van der Waals surface area contributed by atoms with E-state index in [1.807, 2.05) is 6.92 Å². The molecule has 0 fully saturated rings. The number of rotatable bonds is 6. The second kappa shape index (κ2) is 6.55. The molecule has 1 aromatic rings. The highest BCUT2D eigenvalue weighted by atomic mass is 32.2. The van der Waals surface area contributed by atoms with Crippen molar-refractivity contribution in [3.63, 3.8) is 0 Å². The number of likely N-dealkylation sites (N-methyl/N-ethyl adjacent to an activating group) is 1. The maximum Gasteiger partial charge on any atom is 0.240 e. The highest BCUT2D eigenvalue weighted by molar-refractivity contribution is 7.89. The smallest absolute Gasteiger partial charge is 0.240 e. The van der Waals surface area contributed by atoms with Gasteiger partial charge in [-0.3, -0.25) is 4.79 Å². The van der Waals surface area contributed by atoms with Gasteiger partial charge in [-0.05, 0) is 36.7 Å². The second-order valence-corrected chi connectivity index (χ2v) is 6.73. The third-order valence-corrected chi connectivity index (χ3v) is 4.94. The Morgan fingerprint density at radius 3 is 2.76 bits per heavy atom. The third-order valence-electron chi connectivity index (χ3n) is 3.48. The van der Waals surface area contributed by atoms with Gasteiger partial charge in [-0.15, -0.1) is 0 Å². The topological polar surface area (TPSA) is 78.5 Å². The monoisotopic (exact) mass is 311 g/mol.